The van der Waals surface area contributed by atoms with E-state index < -0.39 is 23.0 Å². The van der Waals surface area contributed by atoms with Crippen molar-refractivity contribution < 1.29 is 24.5 Å². The molecule has 0 aromatic heterocycles. The van der Waals surface area contributed by atoms with E-state index in [1.54, 1.807) is 0 Å². The average Bonchev–Trinajstić information content (AvgIpc) is 3.06. The summed E-state index contributed by atoms with van der Waals surface area (Å²) < 4.78 is 5.68. The minimum atomic E-state index is -0.695. The van der Waals surface area contributed by atoms with E-state index in [1.165, 1.54) is 13.2 Å². The van der Waals surface area contributed by atoms with Gasteiger partial charge in [0.05, 0.1) is 12.2 Å². The van der Waals surface area contributed by atoms with Gasteiger partial charge in [-0.15, -0.1) is 0 Å². The van der Waals surface area contributed by atoms with Gasteiger partial charge in [0.25, 0.3) is 0 Å². The van der Waals surface area contributed by atoms with Crippen LogP contribution in [-0.4, -0.2) is 40.8 Å². The maximum Gasteiger partial charge on any atom is 0.303 e. The van der Waals surface area contributed by atoms with Crippen LogP contribution < -0.4 is 0 Å². The van der Waals surface area contributed by atoms with E-state index in [0.717, 1.165) is 49.7 Å². The predicted molar refractivity (Wildman–Crippen MR) is 146 cm³/mol. The Labute approximate surface area is 224 Å². The number of aldehydes is 1. The molecule has 4 rings (SSSR count). The molecular formula is C32H50O5. The standard InChI is InChI=1S/C32H50O5/c1-19(2)15-22(37-21(4)34)16-20(3)23-11-12-31(8)28-26(35)17-25-24(9-10-27(36)29(25,5)6)32(28,18-33)14-13-30(23,31)7/h15,17-18,20,22-24,26-28,35-36H,9-14,16H2,1-8H3/t20-,22+,23?,24-,26+,27+,28+,30-,31+,32-/m1/s1. The van der Waals surface area contributed by atoms with Gasteiger partial charge in [-0.25, -0.2) is 0 Å². The monoisotopic (exact) mass is 514 g/mol. The van der Waals surface area contributed by atoms with E-state index in [9.17, 15) is 19.8 Å². The lowest BCUT2D eigenvalue weighted by Gasteiger charge is -2.66. The van der Waals surface area contributed by atoms with Gasteiger partial charge in [0, 0.05) is 23.7 Å². The fourth-order valence-corrected chi connectivity index (χ4v) is 9.82. The summed E-state index contributed by atoms with van der Waals surface area (Å²) in [7, 11) is 0. The molecule has 208 valence electrons. The summed E-state index contributed by atoms with van der Waals surface area (Å²) >= 11 is 0. The SMILES string of the molecule is CC(=O)O[C@@H](C=C(C)C)C[C@@H](C)C1CC[C@@]2(C)[C@@H]3[C@@H](O)C=C4[C@@H](CC[C@H](O)C4(C)C)[C@]3(C=O)CC[C@]12C. The van der Waals surface area contributed by atoms with E-state index in [4.69, 9.17) is 4.74 Å². The van der Waals surface area contributed by atoms with Crippen molar-refractivity contribution in [2.45, 2.75) is 119 Å². The first kappa shape index (κ1) is 28.5. The highest BCUT2D eigenvalue weighted by atomic mass is 16.5. The van der Waals surface area contributed by atoms with Crippen molar-refractivity contribution in [1.82, 2.24) is 0 Å². The molecule has 3 saturated carbocycles. The number of aliphatic hydroxyl groups is 2. The zero-order valence-corrected chi connectivity index (χ0v) is 24.3. The molecule has 4 aliphatic carbocycles. The van der Waals surface area contributed by atoms with Crippen LogP contribution in [0.1, 0.15) is 100 Å². The van der Waals surface area contributed by atoms with Gasteiger partial charge in [-0.3, -0.25) is 4.79 Å². The number of fused-ring (bicyclic) bond motifs is 5. The summed E-state index contributed by atoms with van der Waals surface area (Å²) in [4.78, 5) is 24.9. The Morgan fingerprint density at radius 3 is 2.32 bits per heavy atom. The van der Waals surface area contributed by atoms with Crippen LogP contribution in [0.4, 0.5) is 0 Å². The summed E-state index contributed by atoms with van der Waals surface area (Å²) in [6.45, 7) is 16.7. The van der Waals surface area contributed by atoms with Crippen molar-refractivity contribution in [3.63, 3.8) is 0 Å². The molecule has 1 unspecified atom stereocenters. The number of esters is 1. The van der Waals surface area contributed by atoms with E-state index >= 15 is 0 Å². The number of hydrogen-bond donors (Lipinski definition) is 2. The first-order chi connectivity index (χ1) is 17.1. The number of rotatable bonds is 6. The van der Waals surface area contributed by atoms with Crippen LogP contribution in [0.25, 0.3) is 0 Å². The van der Waals surface area contributed by atoms with Crippen LogP contribution >= 0.6 is 0 Å². The summed E-state index contributed by atoms with van der Waals surface area (Å²) in [5.74, 6) is 0.467. The zero-order chi connectivity index (χ0) is 27.6. The average molecular weight is 515 g/mol. The molecule has 4 aliphatic rings. The lowest BCUT2D eigenvalue weighted by Crippen LogP contribution is -2.64. The van der Waals surface area contributed by atoms with Gasteiger partial charge >= 0.3 is 5.97 Å². The fraction of sp³-hybridized carbons (Fsp3) is 0.812. The quantitative estimate of drug-likeness (QED) is 0.257. The molecule has 0 saturated heterocycles. The lowest BCUT2D eigenvalue weighted by molar-refractivity contribution is -0.183. The van der Waals surface area contributed by atoms with Crippen LogP contribution in [0.3, 0.4) is 0 Å². The maximum atomic E-state index is 13.2. The number of carbonyl (C=O) groups is 2. The zero-order valence-electron chi connectivity index (χ0n) is 24.3. The Hall–Kier alpha value is -1.46. The molecule has 5 heteroatoms. The van der Waals surface area contributed by atoms with Gasteiger partial charge in [0.15, 0.2) is 0 Å². The predicted octanol–water partition coefficient (Wildman–Crippen LogP) is 6.03. The first-order valence-electron chi connectivity index (χ1n) is 14.5. The maximum absolute atomic E-state index is 13.2. The molecule has 0 heterocycles. The molecule has 2 N–H and O–H groups in total. The largest absolute Gasteiger partial charge is 0.458 e. The minimum absolute atomic E-state index is 0.0225. The van der Waals surface area contributed by atoms with E-state index in [-0.39, 0.29) is 34.7 Å². The molecule has 0 spiro atoms. The third-order valence-electron chi connectivity index (χ3n) is 11.8. The van der Waals surface area contributed by atoms with E-state index in [1.807, 2.05) is 19.9 Å². The van der Waals surface area contributed by atoms with Crippen molar-refractivity contribution in [1.29, 1.82) is 0 Å². The van der Waals surface area contributed by atoms with Crippen LogP contribution in [0, 0.1) is 45.3 Å². The molecule has 3 fully saturated rings. The Kier molecular flexibility index (Phi) is 7.42. The molecule has 5 nitrogen and oxygen atoms in total. The van der Waals surface area contributed by atoms with Crippen molar-refractivity contribution in [2.24, 2.45) is 45.3 Å². The second-order valence-corrected chi connectivity index (χ2v) is 14.3. The molecule has 0 aromatic carbocycles. The number of ether oxygens (including phenoxy) is 1. The molecule has 0 amide bonds. The van der Waals surface area contributed by atoms with Crippen molar-refractivity contribution in [2.75, 3.05) is 0 Å². The second-order valence-electron chi connectivity index (χ2n) is 14.3. The Bertz CT molecular complexity index is 976. The lowest BCUT2D eigenvalue weighted by atomic mass is 9.38. The number of allylic oxidation sites excluding steroid dienone is 1. The van der Waals surface area contributed by atoms with Crippen LogP contribution in [0.2, 0.25) is 0 Å². The van der Waals surface area contributed by atoms with Gasteiger partial charge in [-0.05, 0) is 93.5 Å². The van der Waals surface area contributed by atoms with Crippen molar-refractivity contribution >= 4 is 12.3 Å². The minimum Gasteiger partial charge on any atom is -0.458 e. The first-order valence-corrected chi connectivity index (χ1v) is 14.5. The Morgan fingerprint density at radius 2 is 1.73 bits per heavy atom. The van der Waals surface area contributed by atoms with Crippen molar-refractivity contribution in [3.05, 3.63) is 23.3 Å². The van der Waals surface area contributed by atoms with Crippen molar-refractivity contribution in [3.8, 4) is 0 Å². The molecular weight excluding hydrogens is 464 g/mol. The van der Waals surface area contributed by atoms with Gasteiger partial charge in [0.1, 0.15) is 12.4 Å². The summed E-state index contributed by atoms with van der Waals surface area (Å²) in [6, 6.07) is 0. The normalized spacial score (nSPS) is 43.8. The van der Waals surface area contributed by atoms with Crippen LogP contribution in [0.15, 0.2) is 23.3 Å². The topological polar surface area (TPSA) is 83.8 Å². The number of aliphatic hydroxyl groups excluding tert-OH is 2. The third-order valence-corrected chi connectivity index (χ3v) is 11.8. The van der Waals surface area contributed by atoms with Crippen LogP contribution in [0.5, 0.6) is 0 Å². The highest BCUT2D eigenvalue weighted by molar-refractivity contribution is 5.66. The summed E-state index contributed by atoms with van der Waals surface area (Å²) in [5.41, 5.74) is 1.00. The van der Waals surface area contributed by atoms with E-state index in [0.29, 0.717) is 18.3 Å². The molecule has 0 radical (unpaired) electrons. The smallest absolute Gasteiger partial charge is 0.303 e. The fourth-order valence-electron chi connectivity index (χ4n) is 9.82. The number of carbonyl (C=O) groups excluding carboxylic acids is 2. The highest BCUT2D eigenvalue weighted by Gasteiger charge is 2.70. The highest BCUT2D eigenvalue weighted by Crippen LogP contribution is 2.74. The van der Waals surface area contributed by atoms with Gasteiger partial charge in [-0.1, -0.05) is 51.8 Å². The molecule has 0 aromatic rings. The molecule has 10 atom stereocenters. The molecule has 0 bridgehead atoms. The van der Waals surface area contributed by atoms with Gasteiger partial charge in [-0.2, -0.15) is 0 Å². The summed E-state index contributed by atoms with van der Waals surface area (Å²) in [5, 5.41) is 22.6. The van der Waals surface area contributed by atoms with E-state index in [2.05, 4.69) is 40.7 Å². The van der Waals surface area contributed by atoms with Gasteiger partial charge in [0.2, 0.25) is 0 Å². The Morgan fingerprint density at radius 1 is 1.05 bits per heavy atom. The Balaban J connectivity index is 1.69. The molecule has 37 heavy (non-hydrogen) atoms. The van der Waals surface area contributed by atoms with Gasteiger partial charge < -0.3 is 19.7 Å². The summed E-state index contributed by atoms with van der Waals surface area (Å²) in [6.07, 6.45) is 9.98. The second kappa shape index (κ2) is 9.62. The third kappa shape index (κ3) is 4.27. The van der Waals surface area contributed by atoms with Crippen LogP contribution in [-0.2, 0) is 14.3 Å². The number of hydrogen-bond acceptors (Lipinski definition) is 5. The molecule has 0 aliphatic heterocycles.